The Morgan fingerprint density at radius 1 is 1.10 bits per heavy atom. The number of hydrogen-bond donors (Lipinski definition) is 0. The normalized spacial score (nSPS) is 12.4. The molecule has 0 saturated carbocycles. The average molecular weight is 328 g/mol. The van der Waals surface area contributed by atoms with E-state index >= 15 is 0 Å². The quantitative estimate of drug-likeness (QED) is 0.492. The van der Waals surface area contributed by atoms with E-state index in [-0.39, 0.29) is 11.8 Å². The fraction of sp³-hybridized carbons (Fsp3) is 0.0909. The van der Waals surface area contributed by atoms with E-state index < -0.39 is 38.6 Å². The molecule has 0 atom stereocenters. The SMILES string of the molecule is O=S(=O)(Oc1cc(-c2ccco2)c(F)cc1F)C(F)(F)F. The third kappa shape index (κ3) is 2.99. The maximum Gasteiger partial charge on any atom is 0.534 e. The van der Waals surface area contributed by atoms with E-state index in [1.54, 1.807) is 0 Å². The van der Waals surface area contributed by atoms with Crippen molar-refractivity contribution in [3.05, 3.63) is 42.2 Å². The van der Waals surface area contributed by atoms with Gasteiger partial charge in [0.05, 0.1) is 11.8 Å². The Hall–Kier alpha value is -2.10. The van der Waals surface area contributed by atoms with Gasteiger partial charge in [-0.05, 0) is 18.2 Å². The fourth-order valence-electron chi connectivity index (χ4n) is 1.38. The standard InChI is InChI=1S/C11H5F5O4S/c12-7-5-8(13)10(20-21(17,18)11(14,15)16)4-6(7)9-2-1-3-19-9/h1-5H. The minimum atomic E-state index is -6.06. The molecule has 0 saturated heterocycles. The molecule has 0 unspecified atom stereocenters. The van der Waals surface area contributed by atoms with Gasteiger partial charge in [-0.1, -0.05) is 0 Å². The Bertz CT molecular complexity index is 750. The molecule has 0 aliphatic heterocycles. The predicted molar refractivity (Wildman–Crippen MR) is 59.7 cm³/mol. The van der Waals surface area contributed by atoms with Crippen LogP contribution >= 0.6 is 0 Å². The average Bonchev–Trinajstić information content (AvgIpc) is 2.84. The summed E-state index contributed by atoms with van der Waals surface area (Å²) in [5.41, 5.74) is -6.19. The maximum atomic E-state index is 13.5. The third-order valence-corrected chi connectivity index (χ3v) is 3.26. The molecule has 10 heteroatoms. The van der Waals surface area contributed by atoms with Crippen molar-refractivity contribution in [2.45, 2.75) is 5.51 Å². The molecule has 0 aliphatic carbocycles. The molecule has 4 nitrogen and oxygen atoms in total. The van der Waals surface area contributed by atoms with E-state index in [2.05, 4.69) is 4.18 Å². The van der Waals surface area contributed by atoms with Crippen LogP contribution in [0.4, 0.5) is 22.0 Å². The van der Waals surface area contributed by atoms with E-state index in [1.165, 1.54) is 12.1 Å². The van der Waals surface area contributed by atoms with E-state index in [9.17, 15) is 30.4 Å². The lowest BCUT2D eigenvalue weighted by Crippen LogP contribution is -2.28. The Labute approximate surface area is 114 Å². The zero-order chi connectivity index (χ0) is 15.8. The second kappa shape index (κ2) is 5.02. The Kier molecular flexibility index (Phi) is 3.66. The summed E-state index contributed by atoms with van der Waals surface area (Å²) in [6, 6.07) is 3.26. The van der Waals surface area contributed by atoms with Crippen LogP contribution < -0.4 is 4.18 Å². The molecule has 1 aromatic carbocycles. The van der Waals surface area contributed by atoms with Crippen molar-refractivity contribution in [1.29, 1.82) is 0 Å². The van der Waals surface area contributed by atoms with Crippen LogP contribution in [0, 0.1) is 11.6 Å². The molecule has 0 amide bonds. The van der Waals surface area contributed by atoms with Crippen molar-refractivity contribution in [2.75, 3.05) is 0 Å². The van der Waals surface area contributed by atoms with Gasteiger partial charge >= 0.3 is 15.6 Å². The highest BCUT2D eigenvalue weighted by atomic mass is 32.2. The van der Waals surface area contributed by atoms with Crippen LogP contribution in [0.2, 0.25) is 0 Å². The van der Waals surface area contributed by atoms with Crippen LogP contribution in [0.1, 0.15) is 0 Å². The Morgan fingerprint density at radius 3 is 2.29 bits per heavy atom. The molecule has 21 heavy (non-hydrogen) atoms. The van der Waals surface area contributed by atoms with Crippen molar-refractivity contribution in [3.63, 3.8) is 0 Å². The summed E-state index contributed by atoms with van der Waals surface area (Å²) in [6.07, 6.45) is 1.14. The molecule has 0 bridgehead atoms. The number of hydrogen-bond acceptors (Lipinski definition) is 4. The third-order valence-electron chi connectivity index (χ3n) is 2.29. The molecule has 1 heterocycles. The number of benzene rings is 1. The van der Waals surface area contributed by atoms with Gasteiger partial charge in [0.15, 0.2) is 11.6 Å². The molecular weight excluding hydrogens is 323 g/mol. The van der Waals surface area contributed by atoms with Gasteiger partial charge in [0, 0.05) is 6.07 Å². The van der Waals surface area contributed by atoms with Crippen molar-refractivity contribution in [3.8, 4) is 17.1 Å². The van der Waals surface area contributed by atoms with Gasteiger partial charge in [0.2, 0.25) is 0 Å². The number of rotatable bonds is 3. The largest absolute Gasteiger partial charge is 0.534 e. The highest BCUT2D eigenvalue weighted by molar-refractivity contribution is 7.88. The molecule has 0 radical (unpaired) electrons. The zero-order valence-corrected chi connectivity index (χ0v) is 10.6. The van der Waals surface area contributed by atoms with Gasteiger partial charge in [-0.2, -0.15) is 21.6 Å². The van der Waals surface area contributed by atoms with Gasteiger partial charge in [0.1, 0.15) is 11.6 Å². The minimum absolute atomic E-state index is 0.137. The molecular formula is C11H5F5O4S. The van der Waals surface area contributed by atoms with Gasteiger partial charge in [0.25, 0.3) is 0 Å². The number of alkyl halides is 3. The zero-order valence-electron chi connectivity index (χ0n) is 9.82. The minimum Gasteiger partial charge on any atom is -0.464 e. The lowest BCUT2D eigenvalue weighted by atomic mass is 10.1. The maximum absolute atomic E-state index is 13.5. The number of halogens is 5. The first kappa shape index (κ1) is 15.3. The molecule has 1 aromatic heterocycles. The first-order valence-electron chi connectivity index (χ1n) is 5.15. The van der Waals surface area contributed by atoms with Crippen LogP contribution in [0.5, 0.6) is 5.75 Å². The summed E-state index contributed by atoms with van der Waals surface area (Å²) >= 11 is 0. The topological polar surface area (TPSA) is 56.5 Å². The van der Waals surface area contributed by atoms with E-state index in [4.69, 9.17) is 4.42 Å². The van der Waals surface area contributed by atoms with Crippen molar-refractivity contribution >= 4 is 10.1 Å². The van der Waals surface area contributed by atoms with Gasteiger partial charge < -0.3 is 8.60 Å². The summed E-state index contributed by atoms with van der Waals surface area (Å²) in [7, 11) is -6.06. The smallest absolute Gasteiger partial charge is 0.464 e. The van der Waals surface area contributed by atoms with Crippen LogP contribution in [0.15, 0.2) is 34.9 Å². The second-order valence-corrected chi connectivity index (χ2v) is 5.26. The molecule has 0 spiro atoms. The van der Waals surface area contributed by atoms with Crippen molar-refractivity contribution in [1.82, 2.24) is 0 Å². The van der Waals surface area contributed by atoms with E-state index in [0.717, 1.165) is 6.26 Å². The van der Waals surface area contributed by atoms with Crippen molar-refractivity contribution in [2.24, 2.45) is 0 Å². The Morgan fingerprint density at radius 2 is 1.76 bits per heavy atom. The lowest BCUT2D eigenvalue weighted by molar-refractivity contribution is -0.0500. The fourth-order valence-corrected chi connectivity index (χ4v) is 1.84. The van der Waals surface area contributed by atoms with Crippen molar-refractivity contribution < 1.29 is 39.0 Å². The summed E-state index contributed by atoms with van der Waals surface area (Å²) in [5, 5.41) is 0. The molecule has 0 N–H and O–H groups in total. The summed E-state index contributed by atoms with van der Waals surface area (Å²) < 4.78 is 93.5. The number of furan rings is 1. The van der Waals surface area contributed by atoms with Gasteiger partial charge in [-0.3, -0.25) is 0 Å². The summed E-state index contributed by atoms with van der Waals surface area (Å²) in [5.74, 6) is -4.18. The first-order chi connectivity index (χ1) is 9.62. The predicted octanol–water partition coefficient (Wildman–Crippen LogP) is 3.45. The summed E-state index contributed by atoms with van der Waals surface area (Å²) in [6.45, 7) is 0. The van der Waals surface area contributed by atoms with E-state index in [0.29, 0.717) is 6.07 Å². The lowest BCUT2D eigenvalue weighted by Gasteiger charge is -2.11. The summed E-state index contributed by atoms with van der Waals surface area (Å²) in [4.78, 5) is 0. The van der Waals surface area contributed by atoms with Gasteiger partial charge in [-0.15, -0.1) is 0 Å². The second-order valence-electron chi connectivity index (χ2n) is 3.72. The molecule has 2 aromatic rings. The van der Waals surface area contributed by atoms with Crippen LogP contribution in [0.3, 0.4) is 0 Å². The molecule has 0 aliphatic rings. The Balaban J connectivity index is 2.49. The monoisotopic (exact) mass is 328 g/mol. The molecule has 0 fully saturated rings. The van der Waals surface area contributed by atoms with Crippen LogP contribution in [-0.4, -0.2) is 13.9 Å². The highest BCUT2D eigenvalue weighted by Gasteiger charge is 2.49. The highest BCUT2D eigenvalue weighted by Crippen LogP contribution is 2.33. The van der Waals surface area contributed by atoms with Gasteiger partial charge in [-0.25, -0.2) is 8.78 Å². The van der Waals surface area contributed by atoms with Crippen LogP contribution in [-0.2, 0) is 10.1 Å². The molecule has 114 valence electrons. The first-order valence-corrected chi connectivity index (χ1v) is 6.56. The molecule has 2 rings (SSSR count). The van der Waals surface area contributed by atoms with Crippen LogP contribution in [0.25, 0.3) is 11.3 Å². The van der Waals surface area contributed by atoms with E-state index in [1.807, 2.05) is 0 Å².